The lowest BCUT2D eigenvalue weighted by Gasteiger charge is -2.12. The number of alkyl halides is 2. The molecule has 2 aromatic rings. The average molecular weight is 324 g/mol. The molecule has 122 valence electrons. The second-order valence-electron chi connectivity index (χ2n) is 4.63. The summed E-state index contributed by atoms with van der Waals surface area (Å²) in [6.07, 6.45) is 0.517. The van der Waals surface area contributed by atoms with Crippen LogP contribution in [-0.2, 0) is 6.42 Å². The molecule has 0 spiro atoms. The van der Waals surface area contributed by atoms with Crippen LogP contribution in [0.4, 0.5) is 23.7 Å². The Morgan fingerprint density at radius 3 is 2.48 bits per heavy atom. The number of carbonyl (C=O) groups excluding carboxylic acids is 1. The third-order valence-electron chi connectivity index (χ3n) is 2.96. The molecular formula is C16H15F3N2O2. The van der Waals surface area contributed by atoms with Crippen molar-refractivity contribution in [1.82, 2.24) is 5.32 Å². The van der Waals surface area contributed by atoms with Crippen LogP contribution in [0.1, 0.15) is 5.56 Å². The molecule has 0 heterocycles. The maximum absolute atomic E-state index is 12.8. The first-order chi connectivity index (χ1) is 11.0. The lowest BCUT2D eigenvalue weighted by Crippen LogP contribution is -2.30. The lowest BCUT2D eigenvalue weighted by molar-refractivity contribution is -0.0493. The first-order valence-corrected chi connectivity index (χ1v) is 6.88. The van der Waals surface area contributed by atoms with E-state index in [1.807, 2.05) is 0 Å². The lowest BCUT2D eigenvalue weighted by atomic mass is 10.1. The molecule has 2 amide bonds. The molecule has 23 heavy (non-hydrogen) atoms. The van der Waals surface area contributed by atoms with Crippen molar-refractivity contribution in [2.24, 2.45) is 0 Å². The minimum absolute atomic E-state index is 0.115. The summed E-state index contributed by atoms with van der Waals surface area (Å²) in [5.41, 5.74) is 1.01. The average Bonchev–Trinajstić information content (AvgIpc) is 2.51. The van der Waals surface area contributed by atoms with Crippen molar-refractivity contribution in [3.8, 4) is 5.75 Å². The van der Waals surface area contributed by atoms with Crippen LogP contribution < -0.4 is 15.4 Å². The number of ether oxygens (including phenoxy) is 1. The normalized spacial score (nSPS) is 10.4. The highest BCUT2D eigenvalue weighted by molar-refractivity contribution is 5.90. The zero-order chi connectivity index (χ0) is 16.7. The van der Waals surface area contributed by atoms with E-state index in [-0.39, 0.29) is 17.3 Å². The number of rotatable bonds is 6. The molecule has 0 bridgehead atoms. The van der Waals surface area contributed by atoms with Crippen molar-refractivity contribution in [3.05, 3.63) is 59.9 Å². The van der Waals surface area contributed by atoms with Gasteiger partial charge in [-0.15, -0.1) is 0 Å². The standard InChI is InChI=1S/C16H15F3N2O2/c17-12-7-5-11(6-8-12)9-10-20-16(22)21-13-3-1-2-4-14(13)23-15(18)19/h1-8,15H,9-10H2,(H2,20,21,22). The van der Waals surface area contributed by atoms with Crippen LogP contribution in [0.25, 0.3) is 0 Å². The van der Waals surface area contributed by atoms with Gasteiger partial charge in [0.2, 0.25) is 0 Å². The van der Waals surface area contributed by atoms with Gasteiger partial charge < -0.3 is 15.4 Å². The van der Waals surface area contributed by atoms with Gasteiger partial charge in [-0.25, -0.2) is 9.18 Å². The predicted octanol–water partition coefficient (Wildman–Crippen LogP) is 3.79. The van der Waals surface area contributed by atoms with Crippen molar-refractivity contribution < 1.29 is 22.7 Å². The fraction of sp³-hybridized carbons (Fsp3) is 0.188. The zero-order valence-corrected chi connectivity index (χ0v) is 12.1. The summed E-state index contributed by atoms with van der Waals surface area (Å²) in [5, 5.41) is 5.03. The number of para-hydroxylation sites is 2. The molecule has 0 saturated heterocycles. The smallest absolute Gasteiger partial charge is 0.387 e. The molecule has 0 saturated carbocycles. The molecular weight excluding hydrogens is 309 g/mol. The van der Waals surface area contributed by atoms with Gasteiger partial charge in [-0.3, -0.25) is 0 Å². The highest BCUT2D eigenvalue weighted by Gasteiger charge is 2.11. The number of halogens is 3. The molecule has 0 atom stereocenters. The molecule has 0 fully saturated rings. The number of amides is 2. The van der Waals surface area contributed by atoms with Gasteiger partial charge in [0.05, 0.1) is 5.69 Å². The summed E-state index contributed by atoms with van der Waals surface area (Å²) in [4.78, 5) is 11.8. The van der Waals surface area contributed by atoms with Gasteiger partial charge in [0.1, 0.15) is 11.6 Å². The van der Waals surface area contributed by atoms with Crippen LogP contribution >= 0.6 is 0 Å². The largest absolute Gasteiger partial charge is 0.433 e. The Balaban J connectivity index is 1.84. The SMILES string of the molecule is O=C(NCCc1ccc(F)cc1)Nc1ccccc1OC(F)F. The number of nitrogens with one attached hydrogen (secondary N) is 2. The second kappa shape index (κ2) is 8.07. The Bertz CT molecular complexity index is 648. The number of carbonyl (C=O) groups is 1. The Kier molecular flexibility index (Phi) is 5.85. The molecule has 0 aliphatic rings. The third-order valence-corrected chi connectivity index (χ3v) is 2.96. The van der Waals surface area contributed by atoms with Crippen LogP contribution in [0.2, 0.25) is 0 Å². The minimum Gasteiger partial charge on any atom is -0.433 e. The summed E-state index contributed by atoms with van der Waals surface area (Å²) >= 11 is 0. The summed E-state index contributed by atoms with van der Waals surface area (Å²) in [7, 11) is 0. The number of urea groups is 1. The summed E-state index contributed by atoms with van der Waals surface area (Å²) in [5.74, 6) is -0.439. The molecule has 0 aromatic heterocycles. The van der Waals surface area contributed by atoms with Crippen molar-refractivity contribution in [3.63, 3.8) is 0 Å². The van der Waals surface area contributed by atoms with E-state index in [1.165, 1.54) is 30.3 Å². The Morgan fingerprint density at radius 2 is 1.78 bits per heavy atom. The number of anilines is 1. The van der Waals surface area contributed by atoms with E-state index in [4.69, 9.17) is 0 Å². The van der Waals surface area contributed by atoms with Gasteiger partial charge in [-0.05, 0) is 36.2 Å². The van der Waals surface area contributed by atoms with Crippen molar-refractivity contribution in [1.29, 1.82) is 0 Å². The molecule has 2 rings (SSSR count). The molecule has 4 nitrogen and oxygen atoms in total. The molecule has 2 aromatic carbocycles. The van der Waals surface area contributed by atoms with Crippen molar-refractivity contribution in [2.75, 3.05) is 11.9 Å². The molecule has 2 N–H and O–H groups in total. The molecule has 0 unspecified atom stereocenters. The second-order valence-corrected chi connectivity index (χ2v) is 4.63. The maximum Gasteiger partial charge on any atom is 0.387 e. The van der Waals surface area contributed by atoms with Crippen LogP contribution in [0.5, 0.6) is 5.75 Å². The van der Waals surface area contributed by atoms with Crippen LogP contribution in [0.15, 0.2) is 48.5 Å². The van der Waals surface area contributed by atoms with E-state index >= 15 is 0 Å². The fourth-order valence-corrected chi connectivity index (χ4v) is 1.91. The summed E-state index contributed by atoms with van der Waals surface area (Å²) < 4.78 is 41.6. The fourth-order valence-electron chi connectivity index (χ4n) is 1.91. The minimum atomic E-state index is -2.97. The van der Waals surface area contributed by atoms with Gasteiger partial charge in [0.15, 0.2) is 0 Å². The highest BCUT2D eigenvalue weighted by atomic mass is 19.3. The van der Waals surface area contributed by atoms with Gasteiger partial charge in [0.25, 0.3) is 0 Å². The van der Waals surface area contributed by atoms with Crippen LogP contribution in [0, 0.1) is 5.82 Å². The Hall–Kier alpha value is -2.70. The van der Waals surface area contributed by atoms with E-state index in [2.05, 4.69) is 15.4 Å². The first kappa shape index (κ1) is 16.7. The van der Waals surface area contributed by atoms with Crippen molar-refractivity contribution in [2.45, 2.75) is 13.0 Å². The van der Waals surface area contributed by atoms with Crippen molar-refractivity contribution >= 4 is 11.7 Å². The van der Waals surface area contributed by atoms with Gasteiger partial charge >= 0.3 is 12.6 Å². The zero-order valence-electron chi connectivity index (χ0n) is 12.1. The molecule has 0 aliphatic heterocycles. The topological polar surface area (TPSA) is 50.4 Å². The third kappa shape index (κ3) is 5.54. The maximum atomic E-state index is 12.8. The Morgan fingerprint density at radius 1 is 1.09 bits per heavy atom. The molecule has 7 heteroatoms. The van der Waals surface area contributed by atoms with E-state index in [0.29, 0.717) is 13.0 Å². The van der Waals surface area contributed by atoms with E-state index in [1.54, 1.807) is 18.2 Å². The van der Waals surface area contributed by atoms with Crippen LogP contribution in [0.3, 0.4) is 0 Å². The van der Waals surface area contributed by atoms with Crippen LogP contribution in [-0.4, -0.2) is 19.2 Å². The number of hydrogen-bond donors (Lipinski definition) is 2. The first-order valence-electron chi connectivity index (χ1n) is 6.88. The summed E-state index contributed by atoms with van der Waals surface area (Å²) in [6, 6.07) is 11.3. The molecule has 0 radical (unpaired) electrons. The predicted molar refractivity (Wildman–Crippen MR) is 80.2 cm³/mol. The van der Waals surface area contributed by atoms with Gasteiger partial charge in [-0.2, -0.15) is 8.78 Å². The Labute approximate surface area is 131 Å². The summed E-state index contributed by atoms with van der Waals surface area (Å²) in [6.45, 7) is -2.66. The van der Waals surface area contributed by atoms with Gasteiger partial charge in [-0.1, -0.05) is 24.3 Å². The van der Waals surface area contributed by atoms with E-state index in [0.717, 1.165) is 5.56 Å². The number of benzene rings is 2. The van der Waals surface area contributed by atoms with Gasteiger partial charge in [0, 0.05) is 6.54 Å². The number of hydrogen-bond acceptors (Lipinski definition) is 2. The highest BCUT2D eigenvalue weighted by Crippen LogP contribution is 2.25. The monoisotopic (exact) mass is 324 g/mol. The quantitative estimate of drug-likeness (QED) is 0.849. The van der Waals surface area contributed by atoms with E-state index < -0.39 is 12.6 Å². The van der Waals surface area contributed by atoms with E-state index in [9.17, 15) is 18.0 Å². The molecule has 0 aliphatic carbocycles.